The fraction of sp³-hybridized carbons (Fsp3) is 0.636. The molecule has 80 valence electrons. The molecule has 0 aromatic carbocycles. The van der Waals surface area contributed by atoms with Crippen molar-refractivity contribution in [1.29, 1.82) is 0 Å². The van der Waals surface area contributed by atoms with Crippen LogP contribution in [0.5, 0.6) is 0 Å². The Morgan fingerprint density at radius 1 is 1.50 bits per heavy atom. The summed E-state index contributed by atoms with van der Waals surface area (Å²) in [5.74, 6) is 0. The molecule has 1 aromatic rings. The van der Waals surface area contributed by atoms with Gasteiger partial charge in [-0.2, -0.15) is 11.3 Å². The molecule has 0 aliphatic heterocycles. The third kappa shape index (κ3) is 4.22. The van der Waals surface area contributed by atoms with Gasteiger partial charge in [-0.15, -0.1) is 0 Å². The van der Waals surface area contributed by atoms with E-state index in [2.05, 4.69) is 23.8 Å². The van der Waals surface area contributed by atoms with Crippen molar-refractivity contribution in [2.24, 2.45) is 0 Å². The first-order valence-corrected chi connectivity index (χ1v) is 5.96. The Balaban J connectivity index is 2.13. The van der Waals surface area contributed by atoms with Crippen LogP contribution in [0.25, 0.3) is 0 Å². The van der Waals surface area contributed by atoms with E-state index in [4.69, 9.17) is 9.47 Å². The molecule has 0 radical (unpaired) electrons. The van der Waals surface area contributed by atoms with Gasteiger partial charge in [0.15, 0.2) is 6.29 Å². The standard InChI is InChI=1S/C11H18O2S/c1-3-4-11(12-2)13-7-5-10-6-8-14-9-10/h6,8-9,11H,3-5,7H2,1-2H3. The predicted octanol–water partition coefficient (Wildman–Crippen LogP) is 3.08. The Kier molecular flexibility index (Phi) is 5.83. The number of rotatable bonds is 7. The molecule has 0 N–H and O–H groups in total. The molecule has 0 fully saturated rings. The maximum absolute atomic E-state index is 5.59. The molecular formula is C11H18O2S. The largest absolute Gasteiger partial charge is 0.356 e. The molecular weight excluding hydrogens is 196 g/mol. The summed E-state index contributed by atoms with van der Waals surface area (Å²) in [5, 5.41) is 4.25. The van der Waals surface area contributed by atoms with Crippen molar-refractivity contribution < 1.29 is 9.47 Å². The summed E-state index contributed by atoms with van der Waals surface area (Å²) < 4.78 is 10.8. The van der Waals surface area contributed by atoms with E-state index in [0.717, 1.165) is 25.9 Å². The van der Waals surface area contributed by atoms with Crippen molar-refractivity contribution in [2.45, 2.75) is 32.5 Å². The van der Waals surface area contributed by atoms with E-state index < -0.39 is 0 Å². The van der Waals surface area contributed by atoms with Crippen molar-refractivity contribution in [2.75, 3.05) is 13.7 Å². The van der Waals surface area contributed by atoms with Gasteiger partial charge >= 0.3 is 0 Å². The first-order chi connectivity index (χ1) is 6.86. The van der Waals surface area contributed by atoms with Crippen LogP contribution in [0.2, 0.25) is 0 Å². The first kappa shape index (κ1) is 11.7. The van der Waals surface area contributed by atoms with Crippen molar-refractivity contribution in [3.05, 3.63) is 22.4 Å². The van der Waals surface area contributed by atoms with Gasteiger partial charge in [-0.25, -0.2) is 0 Å². The molecule has 0 amide bonds. The van der Waals surface area contributed by atoms with E-state index >= 15 is 0 Å². The number of thiophene rings is 1. The lowest BCUT2D eigenvalue weighted by atomic mass is 10.2. The van der Waals surface area contributed by atoms with Crippen molar-refractivity contribution in [3.63, 3.8) is 0 Å². The monoisotopic (exact) mass is 214 g/mol. The summed E-state index contributed by atoms with van der Waals surface area (Å²) in [6.45, 7) is 2.88. The topological polar surface area (TPSA) is 18.5 Å². The molecule has 1 unspecified atom stereocenters. The number of ether oxygens (including phenoxy) is 2. The van der Waals surface area contributed by atoms with Gasteiger partial charge < -0.3 is 9.47 Å². The summed E-state index contributed by atoms with van der Waals surface area (Å²) in [5.41, 5.74) is 1.35. The lowest BCUT2D eigenvalue weighted by Crippen LogP contribution is -2.16. The van der Waals surface area contributed by atoms with Gasteiger partial charge in [-0.1, -0.05) is 13.3 Å². The average molecular weight is 214 g/mol. The molecule has 1 rings (SSSR count). The minimum atomic E-state index is -0.0290. The van der Waals surface area contributed by atoms with E-state index in [1.54, 1.807) is 18.4 Å². The average Bonchev–Trinajstić information content (AvgIpc) is 2.69. The van der Waals surface area contributed by atoms with Crippen LogP contribution < -0.4 is 0 Å². The van der Waals surface area contributed by atoms with Gasteiger partial charge in [-0.3, -0.25) is 0 Å². The van der Waals surface area contributed by atoms with E-state index in [1.807, 2.05) is 0 Å². The van der Waals surface area contributed by atoms with Crippen LogP contribution in [0.1, 0.15) is 25.3 Å². The molecule has 1 atom stereocenters. The van der Waals surface area contributed by atoms with Crippen molar-refractivity contribution in [1.82, 2.24) is 0 Å². The van der Waals surface area contributed by atoms with Crippen LogP contribution in [0.4, 0.5) is 0 Å². The van der Waals surface area contributed by atoms with Gasteiger partial charge in [0.1, 0.15) is 0 Å². The summed E-state index contributed by atoms with van der Waals surface area (Å²) in [4.78, 5) is 0. The zero-order valence-corrected chi connectivity index (χ0v) is 9.68. The summed E-state index contributed by atoms with van der Waals surface area (Å²) in [7, 11) is 1.70. The van der Waals surface area contributed by atoms with Crippen LogP contribution in [0.15, 0.2) is 16.8 Å². The smallest absolute Gasteiger partial charge is 0.157 e. The molecule has 0 aliphatic rings. The Labute approximate surface area is 89.9 Å². The van der Waals surface area contributed by atoms with Gasteiger partial charge in [0.2, 0.25) is 0 Å². The fourth-order valence-electron chi connectivity index (χ4n) is 1.25. The number of hydrogen-bond acceptors (Lipinski definition) is 3. The second-order valence-corrected chi connectivity index (χ2v) is 3.99. The Morgan fingerprint density at radius 2 is 2.36 bits per heavy atom. The molecule has 0 bridgehead atoms. The molecule has 1 aromatic heterocycles. The maximum Gasteiger partial charge on any atom is 0.157 e. The fourth-order valence-corrected chi connectivity index (χ4v) is 1.95. The summed E-state index contributed by atoms with van der Waals surface area (Å²) >= 11 is 1.73. The third-order valence-electron chi connectivity index (χ3n) is 2.06. The quantitative estimate of drug-likeness (QED) is 0.649. The first-order valence-electron chi connectivity index (χ1n) is 5.02. The number of hydrogen-bond donors (Lipinski definition) is 0. The van der Waals surface area contributed by atoms with Crippen molar-refractivity contribution in [3.8, 4) is 0 Å². The van der Waals surface area contributed by atoms with E-state index in [1.165, 1.54) is 5.56 Å². The predicted molar refractivity (Wildman–Crippen MR) is 59.7 cm³/mol. The molecule has 0 aliphatic carbocycles. The molecule has 0 spiro atoms. The van der Waals surface area contributed by atoms with Crippen LogP contribution in [0, 0.1) is 0 Å². The normalized spacial score (nSPS) is 13.0. The van der Waals surface area contributed by atoms with Crippen LogP contribution in [-0.4, -0.2) is 20.0 Å². The van der Waals surface area contributed by atoms with Crippen molar-refractivity contribution >= 4 is 11.3 Å². The zero-order chi connectivity index (χ0) is 10.2. The summed E-state index contributed by atoms with van der Waals surface area (Å²) in [6.07, 6.45) is 3.02. The highest BCUT2D eigenvalue weighted by molar-refractivity contribution is 7.07. The highest BCUT2D eigenvalue weighted by Crippen LogP contribution is 2.08. The minimum Gasteiger partial charge on any atom is -0.356 e. The van der Waals surface area contributed by atoms with Gasteiger partial charge in [0.05, 0.1) is 6.61 Å². The highest BCUT2D eigenvalue weighted by Gasteiger charge is 2.05. The third-order valence-corrected chi connectivity index (χ3v) is 2.79. The highest BCUT2D eigenvalue weighted by atomic mass is 32.1. The van der Waals surface area contributed by atoms with E-state index in [9.17, 15) is 0 Å². The Hall–Kier alpha value is -0.380. The van der Waals surface area contributed by atoms with E-state index in [0.29, 0.717) is 0 Å². The van der Waals surface area contributed by atoms with Crippen LogP contribution in [0.3, 0.4) is 0 Å². The SMILES string of the molecule is CCCC(OC)OCCc1ccsc1. The molecule has 2 nitrogen and oxygen atoms in total. The molecule has 0 saturated carbocycles. The van der Waals surface area contributed by atoms with Crippen LogP contribution >= 0.6 is 11.3 Å². The lowest BCUT2D eigenvalue weighted by Gasteiger charge is -2.14. The van der Waals surface area contributed by atoms with Gasteiger partial charge in [0, 0.05) is 7.11 Å². The second-order valence-electron chi connectivity index (χ2n) is 3.21. The Morgan fingerprint density at radius 3 is 2.93 bits per heavy atom. The minimum absolute atomic E-state index is 0.0290. The molecule has 3 heteroatoms. The second kappa shape index (κ2) is 6.98. The Bertz CT molecular complexity index is 221. The summed E-state index contributed by atoms with van der Waals surface area (Å²) in [6, 6.07) is 2.13. The van der Waals surface area contributed by atoms with Gasteiger partial charge in [0.25, 0.3) is 0 Å². The van der Waals surface area contributed by atoms with Crippen LogP contribution in [-0.2, 0) is 15.9 Å². The maximum atomic E-state index is 5.59. The lowest BCUT2D eigenvalue weighted by molar-refractivity contribution is -0.126. The molecule has 1 heterocycles. The van der Waals surface area contributed by atoms with Gasteiger partial charge in [-0.05, 0) is 35.2 Å². The number of methoxy groups -OCH3 is 1. The molecule has 14 heavy (non-hydrogen) atoms. The molecule has 0 saturated heterocycles. The van der Waals surface area contributed by atoms with E-state index in [-0.39, 0.29) is 6.29 Å². The zero-order valence-electron chi connectivity index (χ0n) is 8.86.